The Balaban J connectivity index is 1.55. The van der Waals surface area contributed by atoms with Crippen molar-refractivity contribution in [2.75, 3.05) is 18.0 Å². The van der Waals surface area contributed by atoms with Gasteiger partial charge in [-0.15, -0.1) is 0 Å². The van der Waals surface area contributed by atoms with Gasteiger partial charge in [-0.05, 0) is 30.9 Å². The van der Waals surface area contributed by atoms with Crippen LogP contribution in [0, 0.1) is 10.1 Å². The highest BCUT2D eigenvalue weighted by molar-refractivity contribution is 7.13. The molecule has 0 bridgehead atoms. The molecule has 1 amide bonds. The molecule has 0 unspecified atom stereocenters. The van der Waals surface area contributed by atoms with E-state index >= 15 is 0 Å². The molecule has 0 saturated carbocycles. The average Bonchev–Trinajstić information content (AvgIpc) is 3.11. The summed E-state index contributed by atoms with van der Waals surface area (Å²) in [5.41, 5.74) is 1.21. The number of nitro groups is 1. The third kappa shape index (κ3) is 3.88. The summed E-state index contributed by atoms with van der Waals surface area (Å²) in [5.74, 6) is 0.651. The first-order chi connectivity index (χ1) is 11.6. The summed E-state index contributed by atoms with van der Waals surface area (Å²) < 4.78 is 0. The fraction of sp³-hybridized carbons (Fsp3) is 0.375. The molecule has 2 aromatic heterocycles. The lowest BCUT2D eigenvalue weighted by Gasteiger charge is -2.27. The molecule has 3 heterocycles. The molecule has 24 heavy (non-hydrogen) atoms. The van der Waals surface area contributed by atoms with Gasteiger partial charge in [-0.3, -0.25) is 14.9 Å². The van der Waals surface area contributed by atoms with Crippen LogP contribution in [-0.4, -0.2) is 28.9 Å². The van der Waals surface area contributed by atoms with Gasteiger partial charge in [-0.1, -0.05) is 17.4 Å². The van der Waals surface area contributed by atoms with Gasteiger partial charge >= 0.3 is 5.00 Å². The fourth-order valence-corrected chi connectivity index (χ4v) is 3.36. The van der Waals surface area contributed by atoms with Crippen LogP contribution >= 0.6 is 11.3 Å². The predicted molar refractivity (Wildman–Crippen MR) is 92.4 cm³/mol. The number of thiophene rings is 1. The minimum Gasteiger partial charge on any atom is -0.357 e. The molecular weight excluding hydrogens is 328 g/mol. The van der Waals surface area contributed by atoms with Crippen molar-refractivity contribution in [3.63, 3.8) is 0 Å². The minimum atomic E-state index is -0.495. The van der Waals surface area contributed by atoms with Gasteiger partial charge in [0, 0.05) is 37.3 Å². The summed E-state index contributed by atoms with van der Waals surface area (Å²) in [7, 11) is 0. The molecule has 0 atom stereocenters. The third-order valence-electron chi connectivity index (χ3n) is 3.97. The number of amides is 1. The molecule has 1 fully saturated rings. The van der Waals surface area contributed by atoms with E-state index in [0.29, 0.717) is 12.1 Å². The zero-order valence-corrected chi connectivity index (χ0v) is 13.9. The van der Waals surface area contributed by atoms with E-state index in [2.05, 4.69) is 15.2 Å². The summed E-state index contributed by atoms with van der Waals surface area (Å²) >= 11 is 0.948. The van der Waals surface area contributed by atoms with E-state index in [1.54, 1.807) is 6.20 Å². The lowest BCUT2D eigenvalue weighted by Crippen LogP contribution is -2.30. The molecule has 1 saturated heterocycles. The van der Waals surface area contributed by atoms with Crippen molar-refractivity contribution in [2.45, 2.75) is 25.8 Å². The third-order valence-corrected chi connectivity index (χ3v) is 4.85. The monoisotopic (exact) mass is 346 g/mol. The number of rotatable bonds is 5. The van der Waals surface area contributed by atoms with Crippen molar-refractivity contribution in [3.05, 3.63) is 51.0 Å². The largest absolute Gasteiger partial charge is 0.357 e. The maximum Gasteiger partial charge on any atom is 0.324 e. The zero-order valence-electron chi connectivity index (χ0n) is 13.1. The Morgan fingerprint density at radius 2 is 2.12 bits per heavy atom. The molecule has 1 aliphatic rings. The number of carbonyl (C=O) groups is 1. The fourth-order valence-electron chi connectivity index (χ4n) is 2.66. The molecule has 7 nitrogen and oxygen atoms in total. The van der Waals surface area contributed by atoms with Gasteiger partial charge in [0.25, 0.3) is 5.91 Å². The van der Waals surface area contributed by atoms with Crippen LogP contribution in [0.1, 0.15) is 35.2 Å². The zero-order chi connectivity index (χ0) is 16.9. The van der Waals surface area contributed by atoms with E-state index in [-0.39, 0.29) is 10.9 Å². The SMILES string of the molecule is O=C(NCc1ccc(N2CCCCC2)nc1)c1csc([N+](=O)[O-])c1. The number of carbonyl (C=O) groups excluding carboxylic acids is 1. The van der Waals surface area contributed by atoms with E-state index in [4.69, 9.17) is 0 Å². The van der Waals surface area contributed by atoms with E-state index in [0.717, 1.165) is 35.8 Å². The van der Waals surface area contributed by atoms with Gasteiger partial charge in [0.15, 0.2) is 0 Å². The molecule has 0 aliphatic carbocycles. The molecule has 1 aliphatic heterocycles. The van der Waals surface area contributed by atoms with Gasteiger partial charge in [-0.25, -0.2) is 4.98 Å². The van der Waals surface area contributed by atoms with E-state index < -0.39 is 4.92 Å². The van der Waals surface area contributed by atoms with E-state index in [9.17, 15) is 14.9 Å². The van der Waals surface area contributed by atoms with Gasteiger partial charge in [0.2, 0.25) is 0 Å². The van der Waals surface area contributed by atoms with Crippen molar-refractivity contribution >= 4 is 28.1 Å². The van der Waals surface area contributed by atoms with Gasteiger partial charge in [0.05, 0.1) is 10.5 Å². The first kappa shape index (κ1) is 16.4. The lowest BCUT2D eigenvalue weighted by molar-refractivity contribution is -0.380. The number of piperidine rings is 1. The van der Waals surface area contributed by atoms with Crippen molar-refractivity contribution in [2.24, 2.45) is 0 Å². The predicted octanol–water partition coefficient (Wildman–Crippen LogP) is 2.97. The van der Waals surface area contributed by atoms with Crippen molar-refractivity contribution in [1.29, 1.82) is 0 Å². The smallest absolute Gasteiger partial charge is 0.324 e. The van der Waals surface area contributed by atoms with Crippen LogP contribution in [0.25, 0.3) is 0 Å². The number of pyridine rings is 1. The molecule has 8 heteroatoms. The topological polar surface area (TPSA) is 88.4 Å². The average molecular weight is 346 g/mol. The highest BCUT2D eigenvalue weighted by Gasteiger charge is 2.15. The lowest BCUT2D eigenvalue weighted by atomic mass is 10.1. The molecule has 1 N–H and O–H groups in total. The number of hydrogen-bond acceptors (Lipinski definition) is 6. The summed E-state index contributed by atoms with van der Waals surface area (Å²) in [5, 5.41) is 14.9. The highest BCUT2D eigenvalue weighted by Crippen LogP contribution is 2.22. The first-order valence-corrected chi connectivity index (χ1v) is 8.72. The van der Waals surface area contributed by atoms with Crippen LogP contribution in [0.4, 0.5) is 10.8 Å². The second-order valence-electron chi connectivity index (χ2n) is 5.69. The normalized spacial score (nSPS) is 14.4. The van der Waals surface area contributed by atoms with Gasteiger partial charge in [0.1, 0.15) is 5.82 Å². The Morgan fingerprint density at radius 3 is 2.75 bits per heavy atom. The van der Waals surface area contributed by atoms with Crippen molar-refractivity contribution in [1.82, 2.24) is 10.3 Å². The van der Waals surface area contributed by atoms with Crippen LogP contribution in [0.15, 0.2) is 29.8 Å². The Bertz CT molecular complexity index is 723. The number of nitrogens with zero attached hydrogens (tertiary/aromatic N) is 3. The minimum absolute atomic E-state index is 0.0345. The standard InChI is InChI=1S/C16H18N4O3S/c21-16(13-8-15(20(22)23)24-11-13)18-10-12-4-5-14(17-9-12)19-6-2-1-3-7-19/h4-5,8-9,11H,1-3,6-7,10H2,(H,18,21). The Kier molecular flexibility index (Phi) is 5.05. The molecular formula is C16H18N4O3S. The van der Waals surface area contributed by atoms with Crippen LogP contribution in [-0.2, 0) is 6.54 Å². The van der Waals surface area contributed by atoms with E-state index in [1.165, 1.54) is 30.7 Å². The Labute approximate surface area is 143 Å². The molecule has 0 radical (unpaired) electrons. The van der Waals surface area contributed by atoms with Crippen LogP contribution in [0.5, 0.6) is 0 Å². The summed E-state index contributed by atoms with van der Waals surface area (Å²) in [6, 6.07) is 5.22. The van der Waals surface area contributed by atoms with Crippen molar-refractivity contribution < 1.29 is 9.72 Å². The maximum atomic E-state index is 12.0. The first-order valence-electron chi connectivity index (χ1n) is 7.84. The highest BCUT2D eigenvalue weighted by atomic mass is 32.1. The molecule has 0 spiro atoms. The van der Waals surface area contributed by atoms with E-state index in [1.807, 2.05) is 12.1 Å². The second-order valence-corrected chi connectivity index (χ2v) is 6.58. The number of anilines is 1. The van der Waals surface area contributed by atoms with Crippen LogP contribution in [0.3, 0.4) is 0 Å². The molecule has 126 valence electrons. The molecule has 0 aromatic carbocycles. The summed E-state index contributed by atoms with van der Waals surface area (Å²) in [6.45, 7) is 2.43. The number of aromatic nitrogens is 1. The number of nitrogens with one attached hydrogen (secondary N) is 1. The number of hydrogen-bond donors (Lipinski definition) is 1. The molecule has 2 aromatic rings. The Hall–Kier alpha value is -2.48. The quantitative estimate of drug-likeness (QED) is 0.664. The van der Waals surface area contributed by atoms with Crippen LogP contribution in [0.2, 0.25) is 0 Å². The van der Waals surface area contributed by atoms with Crippen molar-refractivity contribution in [3.8, 4) is 0 Å². The van der Waals surface area contributed by atoms with Gasteiger partial charge < -0.3 is 10.2 Å². The van der Waals surface area contributed by atoms with Crippen LogP contribution < -0.4 is 10.2 Å². The molecule has 3 rings (SSSR count). The van der Waals surface area contributed by atoms with Gasteiger partial charge in [-0.2, -0.15) is 0 Å². The second kappa shape index (κ2) is 7.39. The Morgan fingerprint density at radius 1 is 1.33 bits per heavy atom. The maximum absolute atomic E-state index is 12.0. The summed E-state index contributed by atoms with van der Waals surface area (Å²) in [4.78, 5) is 28.9. The summed E-state index contributed by atoms with van der Waals surface area (Å²) in [6.07, 6.45) is 5.44.